The number of carboxylic acids is 1. The van der Waals surface area contributed by atoms with Gasteiger partial charge in [-0.2, -0.15) is 11.8 Å². The van der Waals surface area contributed by atoms with Crippen LogP contribution >= 0.6 is 11.8 Å². The van der Waals surface area contributed by atoms with E-state index in [-0.39, 0.29) is 25.1 Å². The van der Waals surface area contributed by atoms with Gasteiger partial charge in [0, 0.05) is 13.0 Å². The van der Waals surface area contributed by atoms with Crippen LogP contribution in [0.4, 0.5) is 0 Å². The maximum atomic E-state index is 13.4. The highest BCUT2D eigenvalue weighted by Gasteiger charge is 2.39. The number of benzene rings is 1. The number of hydrogen-bond donors (Lipinski definition) is 8. The number of amides is 6. The third-order valence-corrected chi connectivity index (χ3v) is 7.35. The fourth-order valence-electron chi connectivity index (χ4n) is 4.40. The van der Waals surface area contributed by atoms with E-state index < -0.39 is 85.1 Å². The summed E-state index contributed by atoms with van der Waals surface area (Å²) < 4.78 is 0. The molecule has 1 aromatic rings. The molecule has 0 radical (unpaired) electrons. The summed E-state index contributed by atoms with van der Waals surface area (Å²) in [5, 5.41) is 28.6. The Bertz CT molecular complexity index is 1210. The fourth-order valence-corrected chi connectivity index (χ4v) is 4.89. The average Bonchev–Trinajstić information content (AvgIpc) is 3.48. The lowest BCUT2D eigenvalue weighted by molar-refractivity contribution is -0.149. The molecule has 0 bridgehead atoms. The molecular weight excluding hydrogens is 598 g/mol. The van der Waals surface area contributed by atoms with E-state index in [0.717, 1.165) is 4.90 Å². The van der Waals surface area contributed by atoms with Crippen LogP contribution < -0.4 is 32.7 Å². The number of hydrogen-bond acceptors (Lipinski definition) is 10. The summed E-state index contributed by atoms with van der Waals surface area (Å²) in [6.45, 7) is -0.885. The number of carboxylic acid groups (broad SMARTS) is 1. The molecule has 4 atom stereocenters. The average molecular weight is 638 g/mol. The highest BCUT2D eigenvalue weighted by atomic mass is 32.2. The smallest absolute Gasteiger partial charge is 0.326 e. The molecule has 0 aromatic heterocycles. The van der Waals surface area contributed by atoms with Crippen LogP contribution in [0.3, 0.4) is 0 Å². The van der Waals surface area contributed by atoms with Gasteiger partial charge in [0.2, 0.25) is 35.4 Å². The Morgan fingerprint density at radius 1 is 0.977 bits per heavy atom. The largest absolute Gasteiger partial charge is 0.508 e. The molecule has 0 aliphatic carbocycles. The third kappa shape index (κ3) is 11.7. The minimum Gasteiger partial charge on any atom is -0.508 e. The van der Waals surface area contributed by atoms with Crippen LogP contribution in [-0.2, 0) is 40.0 Å². The van der Waals surface area contributed by atoms with Crippen molar-refractivity contribution < 1.29 is 43.8 Å². The van der Waals surface area contributed by atoms with E-state index in [1.54, 1.807) is 0 Å². The summed E-state index contributed by atoms with van der Waals surface area (Å²) >= 11 is 1.52. The van der Waals surface area contributed by atoms with Crippen molar-refractivity contribution >= 4 is 53.2 Å². The fraction of sp³-hybridized carbons (Fsp3) is 0.519. The number of aromatic hydroxyl groups is 1. The lowest BCUT2D eigenvalue weighted by Gasteiger charge is -2.28. The Morgan fingerprint density at radius 2 is 1.64 bits per heavy atom. The zero-order chi connectivity index (χ0) is 32.8. The zero-order valence-electron chi connectivity index (χ0n) is 24.2. The molecule has 1 aliphatic rings. The van der Waals surface area contributed by atoms with Crippen LogP contribution in [0, 0.1) is 0 Å². The van der Waals surface area contributed by atoms with Crippen LogP contribution in [0.25, 0.3) is 0 Å². The highest BCUT2D eigenvalue weighted by Crippen LogP contribution is 2.19. The molecule has 1 aromatic carbocycles. The number of primary amides is 1. The molecule has 0 saturated carbocycles. The maximum absolute atomic E-state index is 13.4. The number of aliphatic carboxylic acids is 1. The predicted octanol–water partition coefficient (Wildman–Crippen LogP) is -2.83. The quantitative estimate of drug-likeness (QED) is 0.0863. The van der Waals surface area contributed by atoms with Gasteiger partial charge in [-0.15, -0.1) is 0 Å². The van der Waals surface area contributed by atoms with E-state index in [4.69, 9.17) is 11.5 Å². The second-order valence-electron chi connectivity index (χ2n) is 10.1. The van der Waals surface area contributed by atoms with E-state index in [1.165, 1.54) is 36.0 Å². The van der Waals surface area contributed by atoms with Crippen LogP contribution in [0.2, 0.25) is 0 Å². The van der Waals surface area contributed by atoms with Gasteiger partial charge >= 0.3 is 5.97 Å². The molecule has 1 heterocycles. The van der Waals surface area contributed by atoms with Crippen molar-refractivity contribution in [2.75, 3.05) is 31.6 Å². The number of rotatable bonds is 17. The van der Waals surface area contributed by atoms with E-state index in [9.17, 15) is 43.8 Å². The molecule has 0 unspecified atom stereocenters. The summed E-state index contributed by atoms with van der Waals surface area (Å²) in [4.78, 5) is 87.9. The molecule has 1 fully saturated rings. The summed E-state index contributed by atoms with van der Waals surface area (Å²) in [7, 11) is 0. The van der Waals surface area contributed by atoms with Gasteiger partial charge in [-0.05, 0) is 49.0 Å². The molecule has 16 nitrogen and oxygen atoms in total. The van der Waals surface area contributed by atoms with E-state index >= 15 is 0 Å². The predicted molar refractivity (Wildman–Crippen MR) is 159 cm³/mol. The number of phenolic OH excluding ortho intramolecular Hbond substituents is 1. The van der Waals surface area contributed by atoms with Gasteiger partial charge in [0.05, 0.1) is 25.6 Å². The van der Waals surface area contributed by atoms with Crippen molar-refractivity contribution in [2.24, 2.45) is 11.5 Å². The molecule has 242 valence electrons. The lowest BCUT2D eigenvalue weighted by Crippen LogP contribution is -2.57. The first kappa shape index (κ1) is 35.8. The minimum absolute atomic E-state index is 0.0375. The Hall–Kier alpha value is -4.38. The summed E-state index contributed by atoms with van der Waals surface area (Å²) in [6.07, 6.45) is 2.18. The Kier molecular flexibility index (Phi) is 14.4. The van der Waals surface area contributed by atoms with Gasteiger partial charge in [0.1, 0.15) is 23.9 Å². The number of likely N-dealkylation sites (tertiary alicyclic amines) is 1. The van der Waals surface area contributed by atoms with Crippen molar-refractivity contribution in [3.8, 4) is 5.75 Å². The topological polar surface area (TPSA) is 263 Å². The standard InChI is InChI=1S/C27H39N7O9S/c1-44-10-8-17(28)24(39)31-13-22(37)30-14-23(38)32-18(11-15-4-6-16(35)7-5-15)25(40)33-19(12-21(29)36)26(41)34-9-2-3-20(34)27(42)43/h4-7,17-20,35H,2-3,8-14,28H2,1H3,(H2,29,36)(H,30,37)(H,31,39)(H,32,38)(H,33,40)(H,42,43)/t17-,18-,19-,20-/m0/s1. The van der Waals surface area contributed by atoms with Crippen LogP contribution in [0.15, 0.2) is 24.3 Å². The molecule has 1 saturated heterocycles. The zero-order valence-corrected chi connectivity index (χ0v) is 25.1. The molecule has 10 N–H and O–H groups in total. The van der Waals surface area contributed by atoms with Gasteiger partial charge in [0.25, 0.3) is 0 Å². The summed E-state index contributed by atoms with van der Waals surface area (Å²) in [6, 6.07) is 1.01. The monoisotopic (exact) mass is 637 g/mol. The van der Waals surface area contributed by atoms with E-state index in [0.29, 0.717) is 24.2 Å². The van der Waals surface area contributed by atoms with Crippen molar-refractivity contribution in [2.45, 2.75) is 56.3 Å². The van der Waals surface area contributed by atoms with Crippen molar-refractivity contribution in [1.29, 1.82) is 0 Å². The van der Waals surface area contributed by atoms with E-state index in [2.05, 4.69) is 21.3 Å². The number of thioether (sulfide) groups is 1. The number of carbonyl (C=O) groups is 7. The van der Waals surface area contributed by atoms with Crippen molar-refractivity contribution in [3.63, 3.8) is 0 Å². The Balaban J connectivity index is 2.09. The minimum atomic E-state index is -1.50. The lowest BCUT2D eigenvalue weighted by atomic mass is 10.0. The third-order valence-electron chi connectivity index (χ3n) is 6.71. The Morgan fingerprint density at radius 3 is 2.25 bits per heavy atom. The molecular formula is C27H39N7O9S. The maximum Gasteiger partial charge on any atom is 0.326 e. The number of nitrogens with one attached hydrogen (secondary N) is 4. The van der Waals surface area contributed by atoms with E-state index in [1.807, 2.05) is 6.26 Å². The van der Waals surface area contributed by atoms with Gasteiger partial charge in [-0.1, -0.05) is 12.1 Å². The number of nitrogens with two attached hydrogens (primary N) is 2. The van der Waals surface area contributed by atoms with Gasteiger partial charge < -0.3 is 47.8 Å². The molecule has 0 spiro atoms. The number of carbonyl (C=O) groups excluding carboxylic acids is 6. The van der Waals surface area contributed by atoms with Gasteiger partial charge in [-0.3, -0.25) is 28.8 Å². The molecule has 1 aliphatic heterocycles. The number of phenols is 1. The van der Waals surface area contributed by atoms with Crippen molar-refractivity contribution in [1.82, 2.24) is 26.2 Å². The van der Waals surface area contributed by atoms with Gasteiger partial charge in [-0.25, -0.2) is 4.79 Å². The molecule has 17 heteroatoms. The highest BCUT2D eigenvalue weighted by molar-refractivity contribution is 7.98. The first-order chi connectivity index (χ1) is 20.8. The Labute approximate surface area is 258 Å². The van der Waals surface area contributed by atoms with Crippen LogP contribution in [0.1, 0.15) is 31.2 Å². The first-order valence-corrected chi connectivity index (χ1v) is 15.2. The second kappa shape index (κ2) is 17.7. The van der Waals surface area contributed by atoms with Gasteiger partial charge in [0.15, 0.2) is 0 Å². The van der Waals surface area contributed by atoms with Crippen molar-refractivity contribution in [3.05, 3.63) is 29.8 Å². The number of nitrogens with zero attached hydrogens (tertiary/aromatic N) is 1. The van der Waals surface area contributed by atoms with Crippen LogP contribution in [-0.4, -0.2) is 112 Å². The molecule has 44 heavy (non-hydrogen) atoms. The normalized spacial score (nSPS) is 16.2. The second-order valence-corrected chi connectivity index (χ2v) is 11.1. The first-order valence-electron chi connectivity index (χ1n) is 13.8. The van der Waals surface area contributed by atoms with Crippen LogP contribution in [0.5, 0.6) is 5.75 Å². The summed E-state index contributed by atoms with van der Waals surface area (Å²) in [5.41, 5.74) is 11.6. The molecule has 2 rings (SSSR count). The summed E-state index contributed by atoms with van der Waals surface area (Å²) in [5.74, 6) is -5.20. The molecule has 6 amide bonds. The SMILES string of the molecule is CSCC[C@H](N)C(=O)NCC(=O)NCC(=O)N[C@@H](Cc1ccc(O)cc1)C(=O)N[C@@H](CC(N)=O)C(=O)N1CCC[C@H]1C(=O)O.